The third-order valence-corrected chi connectivity index (χ3v) is 2.89. The summed E-state index contributed by atoms with van der Waals surface area (Å²) in [6, 6.07) is 7.41. The zero-order valence-electron chi connectivity index (χ0n) is 7.92. The molecule has 0 N–H and O–H groups in total. The molecule has 2 aromatic rings. The van der Waals surface area contributed by atoms with Gasteiger partial charge < -0.3 is 0 Å². The van der Waals surface area contributed by atoms with E-state index in [0.717, 1.165) is 15.4 Å². The molecule has 0 aliphatic carbocycles. The van der Waals surface area contributed by atoms with Crippen LogP contribution in [0.3, 0.4) is 0 Å². The Hall–Kier alpha value is -0.930. The number of rotatable bonds is 1. The van der Waals surface area contributed by atoms with Crippen LogP contribution in [0.25, 0.3) is 10.9 Å². The van der Waals surface area contributed by atoms with Crippen molar-refractivity contribution in [2.75, 3.05) is 0 Å². The Bertz CT molecular complexity index is 554. The molecule has 0 radical (unpaired) electrons. The molecule has 2 nitrogen and oxygen atoms in total. The number of carbonyl (C=O) groups is 1. The lowest BCUT2D eigenvalue weighted by molar-refractivity contribution is 0.101. The average molecular weight is 285 g/mol. The summed E-state index contributed by atoms with van der Waals surface area (Å²) in [6.07, 6.45) is 0. The second-order valence-corrected chi connectivity index (χ2v) is 4.49. The molecule has 4 heteroatoms. The maximum absolute atomic E-state index is 11.3. The number of ketones is 1. The molecule has 76 valence electrons. The van der Waals surface area contributed by atoms with Crippen LogP contribution in [0.1, 0.15) is 17.3 Å². The molecule has 0 aliphatic heterocycles. The Morgan fingerprint density at radius 1 is 1.40 bits per heavy atom. The van der Waals surface area contributed by atoms with Gasteiger partial charge in [-0.3, -0.25) is 4.79 Å². The Labute approximate surface area is 100 Å². The van der Waals surface area contributed by atoms with E-state index in [1.54, 1.807) is 6.07 Å². The molecule has 15 heavy (non-hydrogen) atoms. The lowest BCUT2D eigenvalue weighted by Gasteiger charge is -2.03. The van der Waals surface area contributed by atoms with Crippen LogP contribution in [-0.2, 0) is 0 Å². The molecule has 0 saturated carbocycles. The normalized spacial score (nSPS) is 10.6. The summed E-state index contributed by atoms with van der Waals surface area (Å²) < 4.78 is 0.952. The van der Waals surface area contributed by atoms with E-state index in [-0.39, 0.29) is 10.9 Å². The van der Waals surface area contributed by atoms with Crippen molar-refractivity contribution in [3.8, 4) is 0 Å². The summed E-state index contributed by atoms with van der Waals surface area (Å²) in [5.41, 5.74) is 1.25. The van der Waals surface area contributed by atoms with Crippen LogP contribution in [0.5, 0.6) is 0 Å². The molecule has 0 saturated heterocycles. The Kier molecular flexibility index (Phi) is 2.76. The van der Waals surface area contributed by atoms with Gasteiger partial charge in [0.1, 0.15) is 5.15 Å². The van der Waals surface area contributed by atoms with Crippen molar-refractivity contribution in [1.82, 2.24) is 4.98 Å². The number of fused-ring (bicyclic) bond motifs is 1. The van der Waals surface area contributed by atoms with Crippen LogP contribution >= 0.6 is 27.5 Å². The number of benzene rings is 1. The smallest absolute Gasteiger partial charge is 0.162 e. The largest absolute Gasteiger partial charge is 0.294 e. The zero-order valence-corrected chi connectivity index (χ0v) is 10.3. The first-order valence-corrected chi connectivity index (χ1v) is 5.52. The highest BCUT2D eigenvalue weighted by Crippen LogP contribution is 2.23. The second-order valence-electron chi connectivity index (χ2n) is 3.22. The summed E-state index contributed by atoms with van der Waals surface area (Å²) in [6.45, 7) is 1.48. The summed E-state index contributed by atoms with van der Waals surface area (Å²) in [7, 11) is 0. The van der Waals surface area contributed by atoms with E-state index >= 15 is 0 Å². The van der Waals surface area contributed by atoms with Gasteiger partial charge in [0.25, 0.3) is 0 Å². The molecule has 0 aliphatic rings. The fourth-order valence-corrected chi connectivity index (χ4v) is 2.03. The molecule has 1 aromatic carbocycles. The standard InChI is InChI=1S/C11H7BrClNO/c1-6(15)9-5-7-4-8(12)2-3-10(7)14-11(9)13/h2-5H,1H3. The number of pyridine rings is 1. The fourth-order valence-electron chi connectivity index (χ4n) is 1.37. The van der Waals surface area contributed by atoms with E-state index in [1.165, 1.54) is 6.92 Å². The highest BCUT2D eigenvalue weighted by Gasteiger charge is 2.08. The van der Waals surface area contributed by atoms with Gasteiger partial charge in [0.15, 0.2) is 5.78 Å². The van der Waals surface area contributed by atoms with Crippen molar-refractivity contribution in [2.24, 2.45) is 0 Å². The van der Waals surface area contributed by atoms with E-state index in [4.69, 9.17) is 11.6 Å². The molecule has 2 rings (SSSR count). The molecule has 0 unspecified atom stereocenters. The first kappa shape index (κ1) is 10.6. The lowest BCUT2D eigenvalue weighted by atomic mass is 10.1. The minimum absolute atomic E-state index is 0.0747. The van der Waals surface area contributed by atoms with Gasteiger partial charge in [-0.25, -0.2) is 4.98 Å². The molecular weight excluding hydrogens is 277 g/mol. The topological polar surface area (TPSA) is 30.0 Å². The molecule has 0 amide bonds. The fraction of sp³-hybridized carbons (Fsp3) is 0.0909. The molecule has 0 spiro atoms. The zero-order chi connectivity index (χ0) is 11.0. The maximum atomic E-state index is 11.3. The number of aromatic nitrogens is 1. The predicted molar refractivity (Wildman–Crippen MR) is 64.5 cm³/mol. The van der Waals surface area contributed by atoms with Gasteiger partial charge in [-0.1, -0.05) is 27.5 Å². The van der Waals surface area contributed by atoms with Crippen molar-refractivity contribution < 1.29 is 4.79 Å². The van der Waals surface area contributed by atoms with Crippen LogP contribution in [0.4, 0.5) is 0 Å². The number of hydrogen-bond donors (Lipinski definition) is 0. The van der Waals surface area contributed by atoms with E-state index in [9.17, 15) is 4.79 Å². The van der Waals surface area contributed by atoms with E-state index < -0.39 is 0 Å². The number of carbonyl (C=O) groups excluding carboxylic acids is 1. The molecule has 1 heterocycles. The lowest BCUT2D eigenvalue weighted by Crippen LogP contribution is -1.95. The first-order chi connectivity index (χ1) is 7.08. The van der Waals surface area contributed by atoms with Gasteiger partial charge >= 0.3 is 0 Å². The van der Waals surface area contributed by atoms with Gasteiger partial charge in [0.2, 0.25) is 0 Å². The third-order valence-electron chi connectivity index (χ3n) is 2.11. The van der Waals surface area contributed by atoms with Crippen molar-refractivity contribution in [3.63, 3.8) is 0 Å². The number of halogens is 2. The van der Waals surface area contributed by atoms with E-state index in [2.05, 4.69) is 20.9 Å². The molecule has 1 aromatic heterocycles. The minimum Gasteiger partial charge on any atom is -0.294 e. The monoisotopic (exact) mass is 283 g/mol. The molecule has 0 fully saturated rings. The average Bonchev–Trinajstić information content (AvgIpc) is 2.17. The van der Waals surface area contributed by atoms with Gasteiger partial charge in [0.05, 0.1) is 11.1 Å². The maximum Gasteiger partial charge on any atom is 0.162 e. The minimum atomic E-state index is -0.0747. The number of nitrogens with zero attached hydrogens (tertiary/aromatic N) is 1. The third kappa shape index (κ3) is 2.03. The first-order valence-electron chi connectivity index (χ1n) is 4.34. The SMILES string of the molecule is CC(=O)c1cc2cc(Br)ccc2nc1Cl. The molecule has 0 bridgehead atoms. The van der Waals surface area contributed by atoms with E-state index in [0.29, 0.717) is 5.56 Å². The highest BCUT2D eigenvalue weighted by atomic mass is 79.9. The van der Waals surface area contributed by atoms with Crippen LogP contribution in [0.15, 0.2) is 28.7 Å². The number of hydrogen-bond acceptors (Lipinski definition) is 2. The van der Waals surface area contributed by atoms with Gasteiger partial charge in [-0.05, 0) is 31.2 Å². The van der Waals surface area contributed by atoms with Crippen molar-refractivity contribution in [2.45, 2.75) is 6.92 Å². The summed E-state index contributed by atoms with van der Waals surface area (Å²) >= 11 is 9.26. The van der Waals surface area contributed by atoms with Crippen LogP contribution in [-0.4, -0.2) is 10.8 Å². The Morgan fingerprint density at radius 3 is 2.80 bits per heavy atom. The van der Waals surface area contributed by atoms with E-state index in [1.807, 2.05) is 18.2 Å². The van der Waals surface area contributed by atoms with Crippen LogP contribution in [0.2, 0.25) is 5.15 Å². The molecular formula is C11H7BrClNO. The van der Waals surface area contributed by atoms with Gasteiger partial charge in [-0.15, -0.1) is 0 Å². The number of Topliss-reactive ketones (excluding diaryl/α,β-unsaturated/α-hetero) is 1. The highest BCUT2D eigenvalue weighted by molar-refractivity contribution is 9.10. The van der Waals surface area contributed by atoms with Crippen LogP contribution < -0.4 is 0 Å². The second kappa shape index (κ2) is 3.91. The van der Waals surface area contributed by atoms with Crippen molar-refractivity contribution >= 4 is 44.2 Å². The van der Waals surface area contributed by atoms with Crippen molar-refractivity contribution in [1.29, 1.82) is 0 Å². The predicted octanol–water partition coefficient (Wildman–Crippen LogP) is 3.85. The summed E-state index contributed by atoms with van der Waals surface area (Å²) in [5, 5.41) is 1.16. The Balaban J connectivity index is 2.77. The van der Waals surface area contributed by atoms with Gasteiger partial charge in [-0.2, -0.15) is 0 Å². The summed E-state index contributed by atoms with van der Waals surface area (Å²) in [5.74, 6) is -0.0747. The van der Waals surface area contributed by atoms with Crippen LogP contribution in [0, 0.1) is 0 Å². The summed E-state index contributed by atoms with van der Waals surface area (Å²) in [4.78, 5) is 15.4. The molecule has 0 atom stereocenters. The van der Waals surface area contributed by atoms with Gasteiger partial charge in [0, 0.05) is 9.86 Å². The van der Waals surface area contributed by atoms with Crippen molar-refractivity contribution in [3.05, 3.63) is 39.5 Å². The Morgan fingerprint density at radius 2 is 2.13 bits per heavy atom. The quantitative estimate of drug-likeness (QED) is 0.588.